The highest BCUT2D eigenvalue weighted by Crippen LogP contribution is 2.26. The van der Waals surface area contributed by atoms with Crippen LogP contribution < -0.4 is 0 Å². The highest BCUT2D eigenvalue weighted by Gasteiger charge is 2.04. The van der Waals surface area contributed by atoms with E-state index in [9.17, 15) is 0 Å². The van der Waals surface area contributed by atoms with E-state index >= 15 is 0 Å². The first-order chi connectivity index (χ1) is 6.20. The van der Waals surface area contributed by atoms with Gasteiger partial charge >= 0.3 is 0 Å². The highest BCUT2D eigenvalue weighted by atomic mass is 35.5. The van der Waals surface area contributed by atoms with Gasteiger partial charge in [0.05, 0.1) is 10.5 Å². The van der Waals surface area contributed by atoms with Crippen LogP contribution in [0.15, 0.2) is 24.4 Å². The molecule has 0 bridgehead atoms. The van der Waals surface area contributed by atoms with Gasteiger partial charge in [-0.1, -0.05) is 17.7 Å². The number of aromatic nitrogens is 1. The van der Waals surface area contributed by atoms with Crippen molar-refractivity contribution in [2.75, 3.05) is 0 Å². The number of fused-ring (bicyclic) bond motifs is 1. The number of rotatable bonds is 0. The zero-order valence-corrected chi connectivity index (χ0v) is 8.39. The van der Waals surface area contributed by atoms with Gasteiger partial charge in [0.15, 0.2) is 0 Å². The molecule has 0 aliphatic carbocycles. The van der Waals surface area contributed by atoms with E-state index in [1.165, 1.54) is 11.1 Å². The van der Waals surface area contributed by atoms with Crippen LogP contribution in [0.3, 0.4) is 0 Å². The average Bonchev–Trinajstić information content (AvgIpc) is 2.15. The first-order valence-corrected chi connectivity index (χ1v) is 4.58. The lowest BCUT2D eigenvalue weighted by Crippen LogP contribution is -1.86. The van der Waals surface area contributed by atoms with Gasteiger partial charge in [-0.15, -0.1) is 0 Å². The van der Waals surface area contributed by atoms with Crippen LogP contribution in [0.25, 0.3) is 10.9 Å². The van der Waals surface area contributed by atoms with Gasteiger partial charge in [0.1, 0.15) is 0 Å². The summed E-state index contributed by atoms with van der Waals surface area (Å²) < 4.78 is 0. The van der Waals surface area contributed by atoms with Crippen LogP contribution in [0.1, 0.15) is 11.1 Å². The normalized spacial score (nSPS) is 10.7. The summed E-state index contributed by atoms with van der Waals surface area (Å²) in [6, 6.07) is 5.95. The van der Waals surface area contributed by atoms with Gasteiger partial charge in [-0.05, 0) is 37.1 Å². The van der Waals surface area contributed by atoms with Crippen molar-refractivity contribution in [1.82, 2.24) is 4.98 Å². The van der Waals surface area contributed by atoms with Crippen molar-refractivity contribution in [3.63, 3.8) is 0 Å². The molecule has 0 aliphatic heterocycles. The molecular weight excluding hydrogens is 182 g/mol. The summed E-state index contributed by atoms with van der Waals surface area (Å²) in [7, 11) is 0. The molecule has 13 heavy (non-hydrogen) atoms. The minimum absolute atomic E-state index is 0.735. The Labute approximate surface area is 82.4 Å². The zero-order chi connectivity index (χ0) is 9.42. The average molecular weight is 192 g/mol. The van der Waals surface area contributed by atoms with E-state index in [0.29, 0.717) is 0 Å². The fraction of sp³-hybridized carbons (Fsp3) is 0.182. The maximum atomic E-state index is 6.07. The summed E-state index contributed by atoms with van der Waals surface area (Å²) in [6.07, 6.45) is 1.77. The Kier molecular flexibility index (Phi) is 1.97. The predicted molar refractivity (Wildman–Crippen MR) is 56.2 cm³/mol. The van der Waals surface area contributed by atoms with E-state index in [-0.39, 0.29) is 0 Å². The smallest absolute Gasteiger partial charge is 0.0890 e. The molecular formula is C11H10ClN. The lowest BCUT2D eigenvalue weighted by molar-refractivity contribution is 1.34. The third-order valence-corrected chi connectivity index (χ3v) is 2.66. The molecule has 0 aliphatic rings. The largest absolute Gasteiger partial charge is 0.255 e. The molecule has 0 saturated carbocycles. The maximum Gasteiger partial charge on any atom is 0.0890 e. The second-order valence-corrected chi connectivity index (χ2v) is 3.61. The number of pyridine rings is 1. The van der Waals surface area contributed by atoms with Crippen molar-refractivity contribution in [2.45, 2.75) is 13.8 Å². The van der Waals surface area contributed by atoms with Crippen LogP contribution >= 0.6 is 11.6 Å². The third-order valence-electron chi connectivity index (χ3n) is 2.37. The molecule has 0 amide bonds. The summed E-state index contributed by atoms with van der Waals surface area (Å²) in [5.41, 5.74) is 3.37. The van der Waals surface area contributed by atoms with Gasteiger partial charge < -0.3 is 0 Å². The Bertz CT molecular complexity index is 463. The van der Waals surface area contributed by atoms with Crippen LogP contribution in [-0.2, 0) is 0 Å². The summed E-state index contributed by atoms with van der Waals surface area (Å²) in [5, 5.41) is 1.88. The first-order valence-electron chi connectivity index (χ1n) is 4.20. The highest BCUT2D eigenvalue weighted by molar-refractivity contribution is 6.35. The van der Waals surface area contributed by atoms with E-state index in [0.717, 1.165) is 15.9 Å². The molecule has 1 heterocycles. The van der Waals surface area contributed by atoms with E-state index in [1.807, 2.05) is 12.1 Å². The molecule has 0 radical (unpaired) electrons. The second-order valence-electron chi connectivity index (χ2n) is 3.20. The standard InChI is InChI=1S/C11H10ClN/c1-7-6-10(12)11-9(8(7)2)4-3-5-13-11/h3-6H,1-2H3. The molecule has 1 nitrogen and oxygen atoms in total. The molecule has 0 spiro atoms. The molecule has 2 aromatic rings. The van der Waals surface area contributed by atoms with Crippen LogP contribution in [0.4, 0.5) is 0 Å². The van der Waals surface area contributed by atoms with Crippen molar-refractivity contribution in [3.05, 3.63) is 40.5 Å². The van der Waals surface area contributed by atoms with Crippen LogP contribution in [0, 0.1) is 13.8 Å². The topological polar surface area (TPSA) is 12.9 Å². The third kappa shape index (κ3) is 1.29. The fourth-order valence-electron chi connectivity index (χ4n) is 1.48. The second kappa shape index (κ2) is 3.00. The molecule has 1 aromatic carbocycles. The van der Waals surface area contributed by atoms with E-state index in [4.69, 9.17) is 11.6 Å². The monoisotopic (exact) mass is 191 g/mol. The molecule has 2 rings (SSSR count). The Morgan fingerprint density at radius 2 is 2.08 bits per heavy atom. The first kappa shape index (κ1) is 8.52. The number of hydrogen-bond donors (Lipinski definition) is 0. The lowest BCUT2D eigenvalue weighted by Gasteiger charge is -2.06. The molecule has 0 saturated heterocycles. The Morgan fingerprint density at radius 1 is 1.31 bits per heavy atom. The van der Waals surface area contributed by atoms with Gasteiger partial charge in [0.2, 0.25) is 0 Å². The lowest BCUT2D eigenvalue weighted by atomic mass is 10.0. The van der Waals surface area contributed by atoms with Gasteiger partial charge in [-0.25, -0.2) is 0 Å². The Morgan fingerprint density at radius 3 is 2.85 bits per heavy atom. The Hall–Kier alpha value is -1.08. The maximum absolute atomic E-state index is 6.07. The van der Waals surface area contributed by atoms with Crippen molar-refractivity contribution in [1.29, 1.82) is 0 Å². The van der Waals surface area contributed by atoms with Gasteiger partial charge in [0, 0.05) is 11.6 Å². The number of aryl methyl sites for hydroxylation is 2. The van der Waals surface area contributed by atoms with Crippen molar-refractivity contribution >= 4 is 22.5 Å². The van der Waals surface area contributed by atoms with Crippen molar-refractivity contribution in [3.8, 4) is 0 Å². The number of halogens is 1. The molecule has 0 N–H and O–H groups in total. The SMILES string of the molecule is Cc1cc(Cl)c2ncccc2c1C. The fourth-order valence-corrected chi connectivity index (χ4v) is 1.79. The van der Waals surface area contributed by atoms with Crippen molar-refractivity contribution in [2.24, 2.45) is 0 Å². The minimum atomic E-state index is 0.735. The quantitative estimate of drug-likeness (QED) is 0.621. The molecule has 0 atom stereocenters. The van der Waals surface area contributed by atoms with E-state index in [2.05, 4.69) is 24.9 Å². The molecule has 66 valence electrons. The summed E-state index contributed by atoms with van der Waals surface area (Å²) in [5.74, 6) is 0. The zero-order valence-electron chi connectivity index (χ0n) is 7.63. The molecule has 2 heteroatoms. The van der Waals surface area contributed by atoms with Crippen LogP contribution in [0.5, 0.6) is 0 Å². The van der Waals surface area contributed by atoms with E-state index in [1.54, 1.807) is 6.20 Å². The predicted octanol–water partition coefficient (Wildman–Crippen LogP) is 3.51. The minimum Gasteiger partial charge on any atom is -0.255 e. The molecule has 0 fully saturated rings. The molecule has 0 unspecified atom stereocenters. The van der Waals surface area contributed by atoms with Gasteiger partial charge in [-0.3, -0.25) is 4.98 Å². The van der Waals surface area contributed by atoms with Crippen LogP contribution in [-0.4, -0.2) is 4.98 Å². The number of nitrogens with zero attached hydrogens (tertiary/aromatic N) is 1. The van der Waals surface area contributed by atoms with Gasteiger partial charge in [0.25, 0.3) is 0 Å². The summed E-state index contributed by atoms with van der Waals surface area (Å²) in [4.78, 5) is 4.25. The van der Waals surface area contributed by atoms with Crippen LogP contribution in [0.2, 0.25) is 5.02 Å². The Balaban J connectivity index is 2.97. The van der Waals surface area contributed by atoms with Gasteiger partial charge in [-0.2, -0.15) is 0 Å². The molecule has 1 aromatic heterocycles. The van der Waals surface area contributed by atoms with E-state index < -0.39 is 0 Å². The number of benzene rings is 1. The van der Waals surface area contributed by atoms with Crippen molar-refractivity contribution < 1.29 is 0 Å². The number of hydrogen-bond acceptors (Lipinski definition) is 1. The summed E-state index contributed by atoms with van der Waals surface area (Å²) in [6.45, 7) is 4.16. The summed E-state index contributed by atoms with van der Waals surface area (Å²) >= 11 is 6.07.